The molecule has 1 aromatic carbocycles. The Labute approximate surface area is 196 Å². The first-order valence-electron chi connectivity index (χ1n) is 12.7. The van der Waals surface area contributed by atoms with Gasteiger partial charge in [0.25, 0.3) is 0 Å². The average Bonchev–Trinajstić information content (AvgIpc) is 3.35. The number of aromatic nitrogens is 2. The lowest BCUT2D eigenvalue weighted by Crippen LogP contribution is -2.51. The Morgan fingerprint density at radius 2 is 1.56 bits per heavy atom. The van der Waals surface area contributed by atoms with Crippen LogP contribution in [0.15, 0.2) is 24.3 Å². The molecule has 3 aliphatic rings. The number of hydrogen-bond acceptors (Lipinski definition) is 6. The van der Waals surface area contributed by atoms with Gasteiger partial charge in [0.1, 0.15) is 10.0 Å². The first kappa shape index (κ1) is 22.3. The van der Waals surface area contributed by atoms with E-state index in [1.54, 1.807) is 11.3 Å². The molecule has 1 aliphatic heterocycles. The van der Waals surface area contributed by atoms with Crippen LogP contribution >= 0.6 is 11.3 Å². The molecule has 6 heteroatoms. The van der Waals surface area contributed by atoms with E-state index < -0.39 is 0 Å². The fraction of sp³-hybridized carbons (Fsp3) is 0.692. The summed E-state index contributed by atoms with van der Waals surface area (Å²) in [6.07, 6.45) is 10.1. The van der Waals surface area contributed by atoms with Crippen molar-refractivity contribution >= 4 is 17.0 Å². The van der Waals surface area contributed by atoms with Crippen molar-refractivity contribution in [1.29, 1.82) is 0 Å². The van der Waals surface area contributed by atoms with Gasteiger partial charge >= 0.3 is 0 Å². The van der Waals surface area contributed by atoms with Crippen LogP contribution in [0.1, 0.15) is 69.2 Å². The number of nitrogens with zero attached hydrogens (tertiary/aromatic N) is 4. The second-order valence-electron chi connectivity index (χ2n) is 10.3. The smallest absolute Gasteiger partial charge is 0.147 e. The highest BCUT2D eigenvalue weighted by Crippen LogP contribution is 2.38. The van der Waals surface area contributed by atoms with Crippen LogP contribution in [0.3, 0.4) is 0 Å². The molecular weight excluding hydrogens is 416 g/mol. The third kappa shape index (κ3) is 5.02. The number of aliphatic hydroxyl groups excluding tert-OH is 1. The van der Waals surface area contributed by atoms with Crippen molar-refractivity contribution in [3.8, 4) is 10.6 Å². The monoisotopic (exact) mass is 454 g/mol. The summed E-state index contributed by atoms with van der Waals surface area (Å²) in [5, 5.41) is 20.6. The normalized spacial score (nSPS) is 29.9. The number of piperazine rings is 1. The van der Waals surface area contributed by atoms with Crippen LogP contribution in [-0.4, -0.2) is 59.0 Å². The van der Waals surface area contributed by atoms with Gasteiger partial charge in [0, 0.05) is 56.0 Å². The van der Waals surface area contributed by atoms with Crippen LogP contribution in [0.4, 0.5) is 5.69 Å². The molecule has 2 saturated carbocycles. The number of anilines is 1. The second-order valence-corrected chi connectivity index (χ2v) is 11.3. The third-order valence-electron chi connectivity index (χ3n) is 8.19. The molecule has 1 aromatic heterocycles. The number of aliphatic hydroxyl groups is 1. The van der Waals surface area contributed by atoms with Gasteiger partial charge in [0.15, 0.2) is 0 Å². The molecule has 0 spiro atoms. The van der Waals surface area contributed by atoms with Gasteiger partial charge in [-0.25, -0.2) is 0 Å². The summed E-state index contributed by atoms with van der Waals surface area (Å²) < 4.78 is 0. The van der Waals surface area contributed by atoms with Crippen LogP contribution in [-0.2, 0) is 0 Å². The van der Waals surface area contributed by atoms with Gasteiger partial charge in [-0.2, -0.15) is 0 Å². The first-order valence-corrected chi connectivity index (χ1v) is 13.5. The topological polar surface area (TPSA) is 52.5 Å². The van der Waals surface area contributed by atoms with E-state index in [0.29, 0.717) is 18.4 Å². The van der Waals surface area contributed by atoms with Crippen molar-refractivity contribution in [2.24, 2.45) is 11.8 Å². The largest absolute Gasteiger partial charge is 0.396 e. The Kier molecular flexibility index (Phi) is 7.10. The van der Waals surface area contributed by atoms with E-state index in [1.165, 1.54) is 55.0 Å². The minimum atomic E-state index is 0.329. The predicted octanol–water partition coefficient (Wildman–Crippen LogP) is 5.17. The highest BCUT2D eigenvalue weighted by Gasteiger charge is 2.27. The first-order chi connectivity index (χ1) is 15.7. The standard InChI is InChI=1S/C26H38N4OS/c1-19-2-10-23(11-3-19)29-14-16-30(17-15-29)24-12-8-22(9-13-24)26-28-27-25(32-26)21-6-4-20(18-31)5-7-21/h8-9,12-13,19-21,23,31H,2-7,10-11,14-18H2,1H3/t19-,20-,21-,23+. The summed E-state index contributed by atoms with van der Waals surface area (Å²) in [5.41, 5.74) is 2.51. The molecule has 1 N–H and O–H groups in total. The molecular formula is C26H38N4OS. The van der Waals surface area contributed by atoms with Gasteiger partial charge in [-0.05, 0) is 87.5 Å². The Morgan fingerprint density at radius 3 is 2.22 bits per heavy atom. The molecule has 0 amide bonds. The quantitative estimate of drug-likeness (QED) is 0.675. The van der Waals surface area contributed by atoms with E-state index in [2.05, 4.69) is 51.2 Å². The molecule has 2 heterocycles. The summed E-state index contributed by atoms with van der Waals surface area (Å²) in [5.74, 6) is 1.93. The fourth-order valence-electron chi connectivity index (χ4n) is 5.88. The van der Waals surface area contributed by atoms with Gasteiger partial charge in [-0.3, -0.25) is 4.90 Å². The molecule has 0 unspecified atom stereocenters. The minimum absolute atomic E-state index is 0.329. The van der Waals surface area contributed by atoms with Crippen LogP contribution in [0, 0.1) is 11.8 Å². The molecule has 32 heavy (non-hydrogen) atoms. The molecule has 3 fully saturated rings. The Morgan fingerprint density at radius 1 is 0.875 bits per heavy atom. The lowest BCUT2D eigenvalue weighted by atomic mass is 9.83. The molecule has 1 saturated heterocycles. The van der Waals surface area contributed by atoms with E-state index in [1.807, 2.05) is 0 Å². The molecule has 0 bridgehead atoms. The van der Waals surface area contributed by atoms with Crippen molar-refractivity contribution in [3.05, 3.63) is 29.3 Å². The summed E-state index contributed by atoms with van der Waals surface area (Å²) in [4.78, 5) is 5.28. The van der Waals surface area contributed by atoms with Gasteiger partial charge in [0.05, 0.1) is 0 Å². The maximum Gasteiger partial charge on any atom is 0.147 e. The summed E-state index contributed by atoms with van der Waals surface area (Å²) >= 11 is 1.75. The van der Waals surface area contributed by atoms with Gasteiger partial charge < -0.3 is 10.0 Å². The zero-order chi connectivity index (χ0) is 21.9. The number of benzene rings is 1. The summed E-state index contributed by atoms with van der Waals surface area (Å²) in [6, 6.07) is 9.79. The van der Waals surface area contributed by atoms with E-state index in [4.69, 9.17) is 0 Å². The highest BCUT2D eigenvalue weighted by atomic mass is 32.1. The zero-order valence-electron chi connectivity index (χ0n) is 19.5. The SMILES string of the molecule is C[C@H]1CC[C@@H](N2CCN(c3ccc(-c4nnc([C@H]5CC[C@H](CO)CC5)s4)cc3)CC2)CC1. The fourth-order valence-corrected chi connectivity index (χ4v) is 6.89. The Bertz CT molecular complexity index is 845. The molecule has 5 nitrogen and oxygen atoms in total. The zero-order valence-corrected chi connectivity index (χ0v) is 20.3. The van der Waals surface area contributed by atoms with Crippen molar-refractivity contribution in [1.82, 2.24) is 15.1 Å². The van der Waals surface area contributed by atoms with E-state index in [-0.39, 0.29) is 0 Å². The van der Waals surface area contributed by atoms with Crippen LogP contribution in [0.2, 0.25) is 0 Å². The number of rotatable bonds is 5. The Balaban J connectivity index is 1.15. The van der Waals surface area contributed by atoms with E-state index in [0.717, 1.165) is 55.7 Å². The molecule has 5 rings (SSSR count). The summed E-state index contributed by atoms with van der Waals surface area (Å²) in [7, 11) is 0. The molecule has 0 atom stereocenters. The third-order valence-corrected chi connectivity index (χ3v) is 9.33. The molecule has 174 valence electrons. The number of hydrogen-bond donors (Lipinski definition) is 1. The minimum Gasteiger partial charge on any atom is -0.396 e. The predicted molar refractivity (Wildman–Crippen MR) is 132 cm³/mol. The average molecular weight is 455 g/mol. The van der Waals surface area contributed by atoms with Crippen molar-refractivity contribution in [2.45, 2.75) is 70.3 Å². The molecule has 2 aliphatic carbocycles. The lowest BCUT2D eigenvalue weighted by molar-refractivity contribution is 0.133. The van der Waals surface area contributed by atoms with Gasteiger partial charge in [0.2, 0.25) is 0 Å². The Hall–Kier alpha value is -1.50. The van der Waals surface area contributed by atoms with Crippen molar-refractivity contribution < 1.29 is 5.11 Å². The van der Waals surface area contributed by atoms with Gasteiger partial charge in [-0.15, -0.1) is 10.2 Å². The highest BCUT2D eigenvalue weighted by molar-refractivity contribution is 7.14. The lowest BCUT2D eigenvalue weighted by Gasteiger charge is -2.42. The maximum absolute atomic E-state index is 9.37. The summed E-state index contributed by atoms with van der Waals surface area (Å²) in [6.45, 7) is 7.38. The van der Waals surface area contributed by atoms with E-state index in [9.17, 15) is 5.11 Å². The van der Waals surface area contributed by atoms with Crippen molar-refractivity contribution in [2.75, 3.05) is 37.7 Å². The van der Waals surface area contributed by atoms with Crippen LogP contribution < -0.4 is 4.90 Å². The van der Waals surface area contributed by atoms with Crippen LogP contribution in [0.5, 0.6) is 0 Å². The van der Waals surface area contributed by atoms with Crippen LogP contribution in [0.25, 0.3) is 10.6 Å². The molecule has 2 aromatic rings. The maximum atomic E-state index is 9.37. The molecule has 0 radical (unpaired) electrons. The van der Waals surface area contributed by atoms with E-state index >= 15 is 0 Å². The van der Waals surface area contributed by atoms with Crippen molar-refractivity contribution in [3.63, 3.8) is 0 Å². The van der Waals surface area contributed by atoms with Gasteiger partial charge in [-0.1, -0.05) is 18.3 Å². The second kappa shape index (κ2) is 10.2.